The summed E-state index contributed by atoms with van der Waals surface area (Å²) in [4.78, 5) is 10.5. The van der Waals surface area contributed by atoms with Gasteiger partial charge in [-0.2, -0.15) is 0 Å². The molecule has 0 spiro atoms. The molecule has 0 saturated heterocycles. The van der Waals surface area contributed by atoms with Crippen molar-refractivity contribution in [1.82, 2.24) is 0 Å². The van der Waals surface area contributed by atoms with Gasteiger partial charge in [0.05, 0.1) is 6.42 Å². The van der Waals surface area contributed by atoms with Crippen LogP contribution >= 0.6 is 0 Å². The largest absolute Gasteiger partial charge is 0.481 e. The van der Waals surface area contributed by atoms with Gasteiger partial charge in [0.1, 0.15) is 0 Å². The highest BCUT2D eigenvalue weighted by Gasteiger charge is 2.17. The van der Waals surface area contributed by atoms with Crippen molar-refractivity contribution in [2.75, 3.05) is 0 Å². The Labute approximate surface area is 80.7 Å². The summed E-state index contributed by atoms with van der Waals surface area (Å²) in [5.74, 6) is -0.731. The van der Waals surface area contributed by atoms with Gasteiger partial charge in [-0.15, -0.1) is 0 Å². The van der Waals surface area contributed by atoms with Crippen LogP contribution in [0.15, 0.2) is 12.2 Å². The van der Waals surface area contributed by atoms with E-state index in [-0.39, 0.29) is 11.8 Å². The van der Waals surface area contributed by atoms with E-state index in [0.29, 0.717) is 0 Å². The van der Waals surface area contributed by atoms with E-state index in [4.69, 9.17) is 5.11 Å². The quantitative estimate of drug-likeness (QED) is 0.508. The molecule has 0 heterocycles. The Hall–Kier alpha value is -0.790. The Kier molecular flexibility index (Phi) is 5.44. The fourth-order valence-corrected chi connectivity index (χ4v) is 1.17. The number of carboxylic acid groups (broad SMARTS) is 1. The smallest absolute Gasteiger partial charge is 0.304 e. The van der Waals surface area contributed by atoms with Crippen molar-refractivity contribution in [2.45, 2.75) is 46.5 Å². The topological polar surface area (TPSA) is 37.3 Å². The van der Waals surface area contributed by atoms with E-state index in [1.165, 1.54) is 12.8 Å². The van der Waals surface area contributed by atoms with Crippen LogP contribution in [0.2, 0.25) is 0 Å². The van der Waals surface area contributed by atoms with Crippen molar-refractivity contribution in [1.29, 1.82) is 0 Å². The molecule has 76 valence electrons. The third kappa shape index (κ3) is 7.57. The Morgan fingerprint density at radius 3 is 2.54 bits per heavy atom. The highest BCUT2D eigenvalue weighted by Crippen LogP contribution is 2.22. The second-order valence-corrected chi connectivity index (χ2v) is 4.10. The van der Waals surface area contributed by atoms with Gasteiger partial charge < -0.3 is 5.11 Å². The summed E-state index contributed by atoms with van der Waals surface area (Å²) in [5.41, 5.74) is -0.209. The summed E-state index contributed by atoms with van der Waals surface area (Å²) in [6.45, 7) is 6.05. The van der Waals surface area contributed by atoms with Crippen LogP contribution in [-0.2, 0) is 4.79 Å². The average molecular weight is 184 g/mol. The molecular formula is C11H20O2. The van der Waals surface area contributed by atoms with Crippen LogP contribution < -0.4 is 0 Å². The van der Waals surface area contributed by atoms with Gasteiger partial charge in [0, 0.05) is 0 Å². The third-order valence-electron chi connectivity index (χ3n) is 1.90. The lowest BCUT2D eigenvalue weighted by molar-refractivity contribution is -0.138. The number of carbonyl (C=O) groups is 1. The first-order chi connectivity index (χ1) is 5.98. The van der Waals surface area contributed by atoms with Crippen LogP contribution in [0, 0.1) is 5.41 Å². The van der Waals surface area contributed by atoms with E-state index in [0.717, 1.165) is 6.42 Å². The molecule has 0 rings (SSSR count). The number of unbranched alkanes of at least 4 members (excludes halogenated alkanes) is 2. The average Bonchev–Trinajstić information content (AvgIpc) is 1.95. The number of carboxylic acids is 1. The molecule has 0 aliphatic heterocycles. The number of hydrogen-bond donors (Lipinski definition) is 1. The second-order valence-electron chi connectivity index (χ2n) is 4.10. The van der Waals surface area contributed by atoms with Crippen molar-refractivity contribution in [2.24, 2.45) is 5.41 Å². The van der Waals surface area contributed by atoms with E-state index in [1.54, 1.807) is 0 Å². The van der Waals surface area contributed by atoms with Crippen molar-refractivity contribution in [3.05, 3.63) is 12.2 Å². The minimum atomic E-state index is -0.731. The van der Waals surface area contributed by atoms with Gasteiger partial charge >= 0.3 is 5.97 Å². The number of rotatable bonds is 6. The van der Waals surface area contributed by atoms with Crippen LogP contribution in [0.25, 0.3) is 0 Å². The third-order valence-corrected chi connectivity index (χ3v) is 1.90. The summed E-state index contributed by atoms with van der Waals surface area (Å²) < 4.78 is 0. The summed E-state index contributed by atoms with van der Waals surface area (Å²) in [5, 5.41) is 8.62. The molecule has 0 amide bonds. The van der Waals surface area contributed by atoms with Gasteiger partial charge in [0.2, 0.25) is 0 Å². The lowest BCUT2D eigenvalue weighted by atomic mass is 9.88. The van der Waals surface area contributed by atoms with Gasteiger partial charge in [-0.25, -0.2) is 0 Å². The van der Waals surface area contributed by atoms with E-state index in [9.17, 15) is 4.79 Å². The van der Waals surface area contributed by atoms with Gasteiger partial charge in [-0.3, -0.25) is 4.79 Å². The lowest BCUT2D eigenvalue weighted by Gasteiger charge is -2.16. The maximum Gasteiger partial charge on any atom is 0.304 e. The molecule has 2 heteroatoms. The molecule has 0 aromatic rings. The molecule has 0 aromatic carbocycles. The zero-order valence-electron chi connectivity index (χ0n) is 8.84. The van der Waals surface area contributed by atoms with Crippen LogP contribution in [-0.4, -0.2) is 11.1 Å². The molecule has 0 unspecified atom stereocenters. The molecule has 0 aliphatic rings. The minimum Gasteiger partial charge on any atom is -0.481 e. The van der Waals surface area contributed by atoms with Crippen molar-refractivity contribution >= 4 is 5.97 Å². The number of aliphatic carboxylic acids is 1. The zero-order chi connectivity index (χ0) is 10.3. The van der Waals surface area contributed by atoms with Crippen molar-refractivity contribution in [3.63, 3.8) is 0 Å². The first-order valence-corrected chi connectivity index (χ1v) is 4.87. The van der Waals surface area contributed by atoms with Crippen LogP contribution in [0.4, 0.5) is 0 Å². The van der Waals surface area contributed by atoms with E-state index >= 15 is 0 Å². The van der Waals surface area contributed by atoms with Gasteiger partial charge in [0.15, 0.2) is 0 Å². The summed E-state index contributed by atoms with van der Waals surface area (Å²) in [6.07, 6.45) is 7.72. The first-order valence-electron chi connectivity index (χ1n) is 4.87. The summed E-state index contributed by atoms with van der Waals surface area (Å²) >= 11 is 0. The molecule has 2 nitrogen and oxygen atoms in total. The Morgan fingerprint density at radius 1 is 1.46 bits per heavy atom. The van der Waals surface area contributed by atoms with Crippen LogP contribution in [0.1, 0.15) is 46.5 Å². The summed E-state index contributed by atoms with van der Waals surface area (Å²) in [6, 6.07) is 0. The molecule has 0 atom stereocenters. The molecule has 1 N–H and O–H groups in total. The number of allylic oxidation sites excluding steroid dienone is 2. The Morgan fingerprint density at radius 2 is 2.08 bits per heavy atom. The van der Waals surface area contributed by atoms with Crippen LogP contribution in [0.3, 0.4) is 0 Å². The fourth-order valence-electron chi connectivity index (χ4n) is 1.17. The predicted octanol–water partition coefficient (Wildman–Crippen LogP) is 3.23. The highest BCUT2D eigenvalue weighted by molar-refractivity contribution is 5.67. The maximum atomic E-state index is 10.5. The molecule has 0 aliphatic carbocycles. The second kappa shape index (κ2) is 5.79. The monoisotopic (exact) mass is 184 g/mol. The van der Waals surface area contributed by atoms with Gasteiger partial charge in [-0.1, -0.05) is 45.8 Å². The summed E-state index contributed by atoms with van der Waals surface area (Å²) in [7, 11) is 0. The van der Waals surface area contributed by atoms with Crippen molar-refractivity contribution in [3.8, 4) is 0 Å². The van der Waals surface area contributed by atoms with E-state index in [1.807, 2.05) is 19.9 Å². The zero-order valence-corrected chi connectivity index (χ0v) is 8.84. The lowest BCUT2D eigenvalue weighted by Crippen LogP contribution is -2.13. The van der Waals surface area contributed by atoms with Crippen molar-refractivity contribution < 1.29 is 9.90 Å². The standard InChI is InChI=1S/C11H20O2/c1-4-5-6-7-8-11(2,3)9-10(12)13/h7-8H,4-6,9H2,1-3H3,(H,12,13). The maximum absolute atomic E-state index is 10.5. The molecule has 13 heavy (non-hydrogen) atoms. The molecule has 0 saturated carbocycles. The molecular weight excluding hydrogens is 164 g/mol. The Bertz CT molecular complexity index is 181. The highest BCUT2D eigenvalue weighted by atomic mass is 16.4. The minimum absolute atomic E-state index is 0.204. The molecule has 0 bridgehead atoms. The first kappa shape index (κ1) is 12.2. The van der Waals surface area contributed by atoms with E-state index < -0.39 is 5.97 Å². The molecule has 0 radical (unpaired) electrons. The normalized spacial score (nSPS) is 12.2. The Balaban J connectivity index is 3.85. The molecule has 0 fully saturated rings. The SMILES string of the molecule is CCCCC=CC(C)(C)CC(=O)O. The fraction of sp³-hybridized carbons (Fsp3) is 0.727. The van der Waals surface area contributed by atoms with E-state index in [2.05, 4.69) is 13.0 Å². The van der Waals surface area contributed by atoms with Gasteiger partial charge in [-0.05, 0) is 11.8 Å². The predicted molar refractivity (Wildman–Crippen MR) is 54.7 cm³/mol. The number of hydrogen-bond acceptors (Lipinski definition) is 1. The van der Waals surface area contributed by atoms with Gasteiger partial charge in [0.25, 0.3) is 0 Å². The molecule has 0 aromatic heterocycles. The van der Waals surface area contributed by atoms with Crippen LogP contribution in [0.5, 0.6) is 0 Å².